The van der Waals surface area contributed by atoms with Crippen molar-refractivity contribution < 1.29 is 9.53 Å². The van der Waals surface area contributed by atoms with Gasteiger partial charge in [0.15, 0.2) is 0 Å². The number of amides is 1. The third-order valence-corrected chi connectivity index (χ3v) is 2.40. The Morgan fingerprint density at radius 3 is 3.19 bits per heavy atom. The van der Waals surface area contributed by atoms with E-state index in [1.54, 1.807) is 11.1 Å². The van der Waals surface area contributed by atoms with Crippen molar-refractivity contribution in [2.45, 2.75) is 13.5 Å². The van der Waals surface area contributed by atoms with Crippen molar-refractivity contribution in [1.82, 2.24) is 9.88 Å². The summed E-state index contributed by atoms with van der Waals surface area (Å²) in [6, 6.07) is 3.86. The van der Waals surface area contributed by atoms with Crippen LogP contribution >= 0.6 is 0 Å². The maximum absolute atomic E-state index is 11.3. The number of nitrogens with one attached hydrogen (secondary N) is 1. The normalized spacial score (nSPS) is 15.1. The number of nitrogens with zero attached hydrogens (tertiary/aromatic N) is 2. The van der Waals surface area contributed by atoms with Gasteiger partial charge in [0.05, 0.1) is 6.54 Å². The highest BCUT2D eigenvalue weighted by molar-refractivity contribution is 5.69. The van der Waals surface area contributed by atoms with E-state index >= 15 is 0 Å². The number of hydrogen-bond donors (Lipinski definition) is 1. The molecule has 1 aromatic heterocycles. The van der Waals surface area contributed by atoms with E-state index in [2.05, 4.69) is 10.3 Å². The first-order valence-corrected chi connectivity index (χ1v) is 5.40. The third kappa shape index (κ3) is 2.42. The van der Waals surface area contributed by atoms with Gasteiger partial charge in [-0.25, -0.2) is 9.78 Å². The van der Waals surface area contributed by atoms with Crippen molar-refractivity contribution >= 4 is 11.9 Å². The van der Waals surface area contributed by atoms with E-state index in [9.17, 15) is 4.79 Å². The van der Waals surface area contributed by atoms with Crippen molar-refractivity contribution in [3.8, 4) is 0 Å². The average Bonchev–Trinajstić information content (AvgIpc) is 2.66. The predicted octanol–water partition coefficient (Wildman–Crippen LogP) is 1.47. The minimum atomic E-state index is -0.234. The van der Waals surface area contributed by atoms with Crippen molar-refractivity contribution in [3.05, 3.63) is 23.9 Å². The molecule has 1 amide bonds. The molecule has 86 valence electrons. The van der Waals surface area contributed by atoms with E-state index in [1.807, 2.05) is 19.1 Å². The lowest BCUT2D eigenvalue weighted by Gasteiger charge is -2.13. The van der Waals surface area contributed by atoms with Crippen LogP contribution < -0.4 is 5.32 Å². The van der Waals surface area contributed by atoms with Crippen molar-refractivity contribution in [1.29, 1.82) is 0 Å². The summed E-state index contributed by atoms with van der Waals surface area (Å²) in [5, 5.41) is 3.14. The largest absolute Gasteiger partial charge is 0.448 e. The molecule has 0 aliphatic carbocycles. The lowest BCUT2D eigenvalue weighted by molar-refractivity contribution is 0.157. The Morgan fingerprint density at radius 1 is 1.62 bits per heavy atom. The van der Waals surface area contributed by atoms with E-state index in [4.69, 9.17) is 4.74 Å². The molecule has 1 fully saturated rings. The molecule has 0 aromatic carbocycles. The molecule has 1 aromatic rings. The number of ether oxygens (including phenoxy) is 1. The molecule has 0 bridgehead atoms. The molecule has 0 atom stereocenters. The number of pyridine rings is 1. The Bertz CT molecular complexity index is 381. The Morgan fingerprint density at radius 2 is 2.50 bits per heavy atom. The second-order valence-corrected chi connectivity index (χ2v) is 3.62. The summed E-state index contributed by atoms with van der Waals surface area (Å²) in [5.74, 6) is 0.840. The molecule has 1 N–H and O–H groups in total. The smallest absolute Gasteiger partial charge is 0.410 e. The summed E-state index contributed by atoms with van der Waals surface area (Å²) < 4.78 is 4.87. The van der Waals surface area contributed by atoms with Crippen LogP contribution in [0.4, 0.5) is 10.6 Å². The summed E-state index contributed by atoms with van der Waals surface area (Å²) >= 11 is 0. The predicted molar refractivity (Wildman–Crippen MR) is 60.2 cm³/mol. The van der Waals surface area contributed by atoms with Crippen LogP contribution in [-0.4, -0.2) is 35.7 Å². The highest BCUT2D eigenvalue weighted by Gasteiger charge is 2.21. The highest BCUT2D eigenvalue weighted by Crippen LogP contribution is 2.12. The second-order valence-electron chi connectivity index (χ2n) is 3.62. The fourth-order valence-corrected chi connectivity index (χ4v) is 1.64. The summed E-state index contributed by atoms with van der Waals surface area (Å²) in [6.45, 7) is 4.59. The zero-order chi connectivity index (χ0) is 11.4. The average molecular weight is 221 g/mol. The molecule has 0 radical (unpaired) electrons. The summed E-state index contributed by atoms with van der Waals surface area (Å²) in [7, 11) is 0. The molecule has 2 heterocycles. The van der Waals surface area contributed by atoms with E-state index in [0.717, 1.165) is 17.9 Å². The number of carbonyl (C=O) groups is 1. The quantitative estimate of drug-likeness (QED) is 0.836. The van der Waals surface area contributed by atoms with E-state index < -0.39 is 0 Å². The van der Waals surface area contributed by atoms with Gasteiger partial charge in [0, 0.05) is 19.3 Å². The minimum absolute atomic E-state index is 0.234. The number of rotatable bonds is 4. The number of hydrogen-bond acceptors (Lipinski definition) is 4. The Hall–Kier alpha value is -1.78. The molecule has 0 spiro atoms. The van der Waals surface area contributed by atoms with Gasteiger partial charge in [-0.05, 0) is 24.6 Å². The second kappa shape index (κ2) is 4.83. The van der Waals surface area contributed by atoms with Gasteiger partial charge in [0.2, 0.25) is 0 Å². The molecule has 5 heteroatoms. The number of carbonyl (C=O) groups excluding carboxylic acids is 1. The number of aromatic nitrogens is 1. The lowest BCUT2D eigenvalue weighted by Crippen LogP contribution is -2.23. The monoisotopic (exact) mass is 221 g/mol. The van der Waals surface area contributed by atoms with Crippen LogP contribution in [0.25, 0.3) is 0 Å². The Balaban J connectivity index is 2.03. The third-order valence-electron chi connectivity index (χ3n) is 2.40. The summed E-state index contributed by atoms with van der Waals surface area (Å²) in [5.41, 5.74) is 1.06. The van der Waals surface area contributed by atoms with Crippen molar-refractivity contribution in [2.24, 2.45) is 0 Å². The van der Waals surface area contributed by atoms with Gasteiger partial charge in [0.25, 0.3) is 0 Å². The Labute approximate surface area is 94.4 Å². The van der Waals surface area contributed by atoms with Crippen molar-refractivity contribution in [2.75, 3.05) is 25.0 Å². The van der Waals surface area contributed by atoms with Crippen molar-refractivity contribution in [3.63, 3.8) is 0 Å². The van der Waals surface area contributed by atoms with Crippen LogP contribution in [0, 0.1) is 0 Å². The highest BCUT2D eigenvalue weighted by atomic mass is 16.6. The van der Waals surface area contributed by atoms with E-state index in [-0.39, 0.29) is 6.09 Å². The maximum atomic E-state index is 11.3. The van der Waals surface area contributed by atoms with Crippen LogP contribution in [0.1, 0.15) is 12.5 Å². The van der Waals surface area contributed by atoms with Gasteiger partial charge in [-0.3, -0.25) is 0 Å². The summed E-state index contributed by atoms with van der Waals surface area (Å²) in [6.07, 6.45) is 1.51. The fourth-order valence-electron chi connectivity index (χ4n) is 1.64. The number of cyclic esters (lactones) is 1. The van der Waals surface area contributed by atoms with Gasteiger partial charge in [0.1, 0.15) is 12.4 Å². The van der Waals surface area contributed by atoms with E-state index in [0.29, 0.717) is 19.7 Å². The lowest BCUT2D eigenvalue weighted by atomic mass is 10.2. The van der Waals surface area contributed by atoms with E-state index in [1.165, 1.54) is 0 Å². The SMILES string of the molecule is CCNc1cc(CN2CCOC2=O)ccn1. The first-order valence-electron chi connectivity index (χ1n) is 5.40. The molecule has 1 saturated heterocycles. The van der Waals surface area contributed by atoms with Crippen LogP contribution in [-0.2, 0) is 11.3 Å². The van der Waals surface area contributed by atoms with Crippen LogP contribution in [0.15, 0.2) is 18.3 Å². The zero-order valence-corrected chi connectivity index (χ0v) is 9.27. The van der Waals surface area contributed by atoms with Crippen LogP contribution in [0.5, 0.6) is 0 Å². The van der Waals surface area contributed by atoms with Gasteiger partial charge in [-0.15, -0.1) is 0 Å². The molecule has 2 rings (SSSR count). The molecule has 0 unspecified atom stereocenters. The molecule has 5 nitrogen and oxygen atoms in total. The first-order chi connectivity index (χ1) is 7.79. The molecule has 1 aliphatic heterocycles. The summed E-state index contributed by atoms with van der Waals surface area (Å²) in [4.78, 5) is 17.1. The fraction of sp³-hybridized carbons (Fsp3) is 0.455. The first kappa shape index (κ1) is 10.7. The van der Waals surface area contributed by atoms with Gasteiger partial charge in [-0.2, -0.15) is 0 Å². The number of anilines is 1. The topological polar surface area (TPSA) is 54.5 Å². The standard InChI is InChI=1S/C11H15N3O2/c1-2-12-10-7-9(3-4-13-10)8-14-5-6-16-11(14)15/h3-4,7H,2,5-6,8H2,1H3,(H,12,13). The van der Waals surface area contributed by atoms with Gasteiger partial charge >= 0.3 is 6.09 Å². The molecule has 0 saturated carbocycles. The molecule has 16 heavy (non-hydrogen) atoms. The van der Waals surface area contributed by atoms with Gasteiger partial charge in [-0.1, -0.05) is 0 Å². The minimum Gasteiger partial charge on any atom is -0.448 e. The van der Waals surface area contributed by atoms with Crippen LogP contribution in [0.3, 0.4) is 0 Å². The molecular weight excluding hydrogens is 206 g/mol. The van der Waals surface area contributed by atoms with Crippen LogP contribution in [0.2, 0.25) is 0 Å². The maximum Gasteiger partial charge on any atom is 0.410 e. The Kier molecular flexibility index (Phi) is 3.24. The molecule has 1 aliphatic rings. The molecular formula is C11H15N3O2. The van der Waals surface area contributed by atoms with Gasteiger partial charge < -0.3 is 15.0 Å². The zero-order valence-electron chi connectivity index (χ0n) is 9.27.